The van der Waals surface area contributed by atoms with Crippen molar-refractivity contribution in [2.24, 2.45) is 0 Å². The number of hydrogen-bond acceptors (Lipinski definition) is 2. The van der Waals surface area contributed by atoms with Crippen LogP contribution in [-0.2, 0) is 6.42 Å². The number of phenols is 2. The van der Waals surface area contributed by atoms with E-state index in [4.69, 9.17) is 11.6 Å². The molecule has 3 heteroatoms. The van der Waals surface area contributed by atoms with Crippen LogP contribution in [-0.4, -0.2) is 10.2 Å². The van der Waals surface area contributed by atoms with E-state index in [2.05, 4.69) is 0 Å². The number of phenolic OH excluding ortho intramolecular Hbond substituents is 2. The Morgan fingerprint density at radius 3 is 1.68 bits per heavy atom. The van der Waals surface area contributed by atoms with Crippen molar-refractivity contribution >= 4 is 11.6 Å². The summed E-state index contributed by atoms with van der Waals surface area (Å²) in [5, 5.41) is 19.8. The quantitative estimate of drug-likeness (QED) is 0.860. The van der Waals surface area contributed by atoms with Crippen molar-refractivity contribution in [1.82, 2.24) is 0 Å². The summed E-state index contributed by atoms with van der Waals surface area (Å²) in [7, 11) is 0. The molecule has 0 bridgehead atoms. The standard InChI is InChI=1S/C16H17ClO2/c1-9-4-12(5-10(2)15(9)18)7-13-6-11(3)16(19)14(17)8-13/h4-6,8,18-19H,7H2,1-3H3. The minimum atomic E-state index is 0.142. The van der Waals surface area contributed by atoms with Gasteiger partial charge in [0.1, 0.15) is 11.5 Å². The second-order valence-electron chi connectivity index (χ2n) is 5.00. The van der Waals surface area contributed by atoms with Crippen molar-refractivity contribution in [2.45, 2.75) is 27.2 Å². The summed E-state index contributed by atoms with van der Waals surface area (Å²) >= 11 is 5.98. The first-order chi connectivity index (χ1) is 8.88. The fourth-order valence-electron chi connectivity index (χ4n) is 2.29. The number of aromatic hydroxyl groups is 2. The topological polar surface area (TPSA) is 40.5 Å². The normalized spacial score (nSPS) is 10.7. The van der Waals surface area contributed by atoms with Gasteiger partial charge >= 0.3 is 0 Å². The van der Waals surface area contributed by atoms with Gasteiger partial charge in [-0.05, 0) is 61.1 Å². The minimum Gasteiger partial charge on any atom is -0.507 e. The second kappa shape index (κ2) is 5.14. The van der Waals surface area contributed by atoms with Crippen LogP contribution >= 0.6 is 11.6 Å². The van der Waals surface area contributed by atoms with E-state index in [0.29, 0.717) is 10.8 Å². The molecule has 0 saturated carbocycles. The molecule has 0 amide bonds. The lowest BCUT2D eigenvalue weighted by Crippen LogP contribution is -1.93. The third-order valence-electron chi connectivity index (χ3n) is 3.27. The van der Waals surface area contributed by atoms with Gasteiger partial charge in [0.2, 0.25) is 0 Å². The van der Waals surface area contributed by atoms with E-state index in [0.717, 1.165) is 34.2 Å². The van der Waals surface area contributed by atoms with Crippen molar-refractivity contribution in [3.8, 4) is 11.5 Å². The summed E-state index contributed by atoms with van der Waals surface area (Å²) in [5.74, 6) is 0.493. The summed E-state index contributed by atoms with van der Waals surface area (Å²) in [6.07, 6.45) is 0.725. The molecular formula is C16H17ClO2. The van der Waals surface area contributed by atoms with Gasteiger partial charge in [-0.3, -0.25) is 0 Å². The summed E-state index contributed by atoms with van der Waals surface area (Å²) in [5.41, 5.74) is 4.68. The van der Waals surface area contributed by atoms with Crippen molar-refractivity contribution in [2.75, 3.05) is 0 Å². The predicted octanol–water partition coefficient (Wildman–Crippen LogP) is 4.27. The fraction of sp³-hybridized carbons (Fsp3) is 0.250. The van der Waals surface area contributed by atoms with Crippen LogP contribution in [0.3, 0.4) is 0 Å². The van der Waals surface area contributed by atoms with Gasteiger partial charge in [-0.15, -0.1) is 0 Å². The SMILES string of the molecule is Cc1cc(Cc2cc(C)c(O)c(Cl)c2)cc(C)c1O. The maximum Gasteiger partial charge on any atom is 0.137 e. The van der Waals surface area contributed by atoms with Crippen LogP contribution < -0.4 is 0 Å². The zero-order valence-corrected chi connectivity index (χ0v) is 12.0. The zero-order chi connectivity index (χ0) is 14.2. The van der Waals surface area contributed by atoms with E-state index in [1.54, 1.807) is 6.07 Å². The van der Waals surface area contributed by atoms with Gasteiger partial charge in [0.15, 0.2) is 0 Å². The molecule has 100 valence electrons. The molecule has 0 heterocycles. The predicted molar refractivity (Wildman–Crippen MR) is 78.2 cm³/mol. The Hall–Kier alpha value is -1.67. The van der Waals surface area contributed by atoms with Crippen LogP contribution in [0.5, 0.6) is 11.5 Å². The van der Waals surface area contributed by atoms with Gasteiger partial charge in [0.05, 0.1) is 5.02 Å². The number of hydrogen-bond donors (Lipinski definition) is 2. The summed E-state index contributed by atoms with van der Waals surface area (Å²) < 4.78 is 0. The van der Waals surface area contributed by atoms with Gasteiger partial charge in [0, 0.05) is 0 Å². The fourth-order valence-corrected chi connectivity index (χ4v) is 2.58. The number of halogens is 1. The van der Waals surface area contributed by atoms with E-state index in [-0.39, 0.29) is 5.75 Å². The highest BCUT2D eigenvalue weighted by Gasteiger charge is 2.08. The Bertz CT molecular complexity index is 531. The number of benzene rings is 2. The number of aryl methyl sites for hydroxylation is 3. The molecule has 0 aliphatic rings. The average Bonchev–Trinajstić information content (AvgIpc) is 2.33. The Morgan fingerprint density at radius 1 is 0.789 bits per heavy atom. The molecular weight excluding hydrogens is 260 g/mol. The van der Waals surface area contributed by atoms with E-state index in [9.17, 15) is 10.2 Å². The molecule has 19 heavy (non-hydrogen) atoms. The van der Waals surface area contributed by atoms with E-state index in [1.807, 2.05) is 39.0 Å². The highest BCUT2D eigenvalue weighted by Crippen LogP contribution is 2.30. The molecule has 2 aromatic rings. The average molecular weight is 277 g/mol. The Morgan fingerprint density at radius 2 is 1.21 bits per heavy atom. The van der Waals surface area contributed by atoms with Crippen LogP contribution in [0.25, 0.3) is 0 Å². The highest BCUT2D eigenvalue weighted by atomic mass is 35.5. The maximum atomic E-state index is 9.77. The molecule has 0 spiro atoms. The van der Waals surface area contributed by atoms with Crippen molar-refractivity contribution < 1.29 is 10.2 Å². The van der Waals surface area contributed by atoms with Gasteiger partial charge in [0.25, 0.3) is 0 Å². The van der Waals surface area contributed by atoms with Gasteiger partial charge < -0.3 is 10.2 Å². The summed E-state index contributed by atoms with van der Waals surface area (Å²) in [6, 6.07) is 7.65. The molecule has 0 aliphatic carbocycles. The lowest BCUT2D eigenvalue weighted by molar-refractivity contribution is 0.466. The lowest BCUT2D eigenvalue weighted by Gasteiger charge is -2.10. The number of rotatable bonds is 2. The first-order valence-electron chi connectivity index (χ1n) is 6.15. The van der Waals surface area contributed by atoms with Gasteiger partial charge in [-0.2, -0.15) is 0 Å². The Kier molecular flexibility index (Phi) is 3.72. The van der Waals surface area contributed by atoms with Crippen LogP contribution in [0.1, 0.15) is 27.8 Å². The van der Waals surface area contributed by atoms with Crippen molar-refractivity contribution in [3.05, 3.63) is 57.1 Å². The molecule has 2 N–H and O–H groups in total. The molecule has 2 nitrogen and oxygen atoms in total. The molecule has 2 rings (SSSR count). The first-order valence-corrected chi connectivity index (χ1v) is 6.53. The first kappa shape index (κ1) is 13.8. The molecule has 0 saturated heterocycles. The summed E-state index contributed by atoms with van der Waals surface area (Å²) in [6.45, 7) is 5.61. The lowest BCUT2D eigenvalue weighted by atomic mass is 9.98. The molecule has 0 fully saturated rings. The van der Waals surface area contributed by atoms with Gasteiger partial charge in [-0.25, -0.2) is 0 Å². The molecule has 2 aromatic carbocycles. The third kappa shape index (κ3) is 2.85. The molecule has 0 radical (unpaired) electrons. The maximum absolute atomic E-state index is 9.77. The third-order valence-corrected chi connectivity index (χ3v) is 3.56. The molecule has 0 atom stereocenters. The molecule has 0 aliphatic heterocycles. The minimum absolute atomic E-state index is 0.142. The molecule has 0 aromatic heterocycles. The summed E-state index contributed by atoms with van der Waals surface area (Å²) in [4.78, 5) is 0. The highest BCUT2D eigenvalue weighted by molar-refractivity contribution is 6.32. The van der Waals surface area contributed by atoms with E-state index >= 15 is 0 Å². The van der Waals surface area contributed by atoms with E-state index < -0.39 is 0 Å². The van der Waals surface area contributed by atoms with Crippen molar-refractivity contribution in [1.29, 1.82) is 0 Å². The van der Waals surface area contributed by atoms with Crippen molar-refractivity contribution in [3.63, 3.8) is 0 Å². The second-order valence-corrected chi connectivity index (χ2v) is 5.41. The zero-order valence-electron chi connectivity index (χ0n) is 11.3. The van der Waals surface area contributed by atoms with Crippen LogP contribution in [0.15, 0.2) is 24.3 Å². The van der Waals surface area contributed by atoms with Crippen LogP contribution in [0.2, 0.25) is 5.02 Å². The molecule has 0 unspecified atom stereocenters. The monoisotopic (exact) mass is 276 g/mol. The Labute approximate surface area is 118 Å². The van der Waals surface area contributed by atoms with Gasteiger partial charge in [-0.1, -0.05) is 29.8 Å². The Balaban J connectivity index is 2.36. The largest absolute Gasteiger partial charge is 0.507 e. The van der Waals surface area contributed by atoms with Crippen LogP contribution in [0, 0.1) is 20.8 Å². The van der Waals surface area contributed by atoms with Crippen LogP contribution in [0.4, 0.5) is 0 Å². The van der Waals surface area contributed by atoms with E-state index in [1.165, 1.54) is 0 Å². The smallest absolute Gasteiger partial charge is 0.137 e.